The fourth-order valence-electron chi connectivity index (χ4n) is 2.08. The average molecular weight is 376 g/mol. The van der Waals surface area contributed by atoms with Crippen LogP contribution in [0.25, 0.3) is 11.4 Å². The highest BCUT2D eigenvalue weighted by Gasteiger charge is 2.10. The fourth-order valence-corrected chi connectivity index (χ4v) is 2.68. The quantitative estimate of drug-likeness (QED) is 0.613. The molecule has 1 aromatic heterocycles. The number of halogens is 2. The largest absolute Gasteiger partial charge is 0.435 e. The Kier molecular flexibility index (Phi) is 5.80. The number of aromatic amines is 1. The molecule has 1 amide bonds. The minimum atomic E-state index is -2.88. The van der Waals surface area contributed by atoms with E-state index in [0.29, 0.717) is 16.7 Å². The molecule has 0 radical (unpaired) electrons. The van der Waals surface area contributed by atoms with Crippen LogP contribution in [0.4, 0.5) is 14.5 Å². The summed E-state index contributed by atoms with van der Waals surface area (Å²) < 4.78 is 28.4. The molecule has 0 aliphatic carbocycles. The van der Waals surface area contributed by atoms with Gasteiger partial charge in [0.2, 0.25) is 11.1 Å². The third-order valence-electron chi connectivity index (χ3n) is 3.21. The lowest BCUT2D eigenvalue weighted by atomic mass is 10.2. The van der Waals surface area contributed by atoms with Crippen molar-refractivity contribution in [3.05, 3.63) is 54.6 Å². The summed E-state index contributed by atoms with van der Waals surface area (Å²) in [6.45, 7) is -2.88. The molecule has 9 heteroatoms. The van der Waals surface area contributed by atoms with E-state index in [-0.39, 0.29) is 17.4 Å². The molecule has 1 heterocycles. The Bertz CT molecular complexity index is 857. The first-order valence-electron chi connectivity index (χ1n) is 7.55. The summed E-state index contributed by atoms with van der Waals surface area (Å²) in [7, 11) is 0. The molecule has 0 bridgehead atoms. The van der Waals surface area contributed by atoms with E-state index in [2.05, 4.69) is 25.2 Å². The summed E-state index contributed by atoms with van der Waals surface area (Å²) in [5.41, 5.74) is 1.39. The van der Waals surface area contributed by atoms with Crippen molar-refractivity contribution < 1.29 is 18.3 Å². The zero-order chi connectivity index (χ0) is 18.4. The van der Waals surface area contributed by atoms with Gasteiger partial charge in [0, 0.05) is 11.3 Å². The molecule has 0 fully saturated rings. The first-order chi connectivity index (χ1) is 12.6. The molecule has 0 aliphatic rings. The Morgan fingerprint density at radius 1 is 1.15 bits per heavy atom. The van der Waals surface area contributed by atoms with Gasteiger partial charge in [-0.25, -0.2) is 4.98 Å². The van der Waals surface area contributed by atoms with Gasteiger partial charge in [0.25, 0.3) is 0 Å². The molecule has 0 unspecified atom stereocenters. The molecule has 6 nitrogen and oxygen atoms in total. The summed E-state index contributed by atoms with van der Waals surface area (Å²) in [5.74, 6) is 0.509. The lowest BCUT2D eigenvalue weighted by Crippen LogP contribution is -2.14. The summed E-state index contributed by atoms with van der Waals surface area (Å²) in [5, 5.41) is 10.0. The van der Waals surface area contributed by atoms with Gasteiger partial charge in [0.05, 0.1) is 5.75 Å². The van der Waals surface area contributed by atoms with Crippen LogP contribution in [0.1, 0.15) is 0 Å². The van der Waals surface area contributed by atoms with Crippen molar-refractivity contribution >= 4 is 23.4 Å². The van der Waals surface area contributed by atoms with E-state index in [1.165, 1.54) is 36.0 Å². The zero-order valence-electron chi connectivity index (χ0n) is 13.4. The normalized spacial score (nSPS) is 10.7. The fraction of sp³-hybridized carbons (Fsp3) is 0.118. The third kappa shape index (κ3) is 5.03. The zero-order valence-corrected chi connectivity index (χ0v) is 14.2. The first-order valence-corrected chi connectivity index (χ1v) is 8.54. The van der Waals surface area contributed by atoms with Crippen LogP contribution in [0.15, 0.2) is 59.8 Å². The minimum Gasteiger partial charge on any atom is -0.435 e. The molecule has 0 aliphatic heterocycles. The molecule has 0 spiro atoms. The van der Waals surface area contributed by atoms with Crippen LogP contribution in [-0.4, -0.2) is 33.5 Å². The highest BCUT2D eigenvalue weighted by Crippen LogP contribution is 2.20. The summed E-state index contributed by atoms with van der Waals surface area (Å²) in [4.78, 5) is 16.3. The second-order valence-corrected chi connectivity index (χ2v) is 6.01. The average Bonchev–Trinajstić information content (AvgIpc) is 3.11. The van der Waals surface area contributed by atoms with Crippen molar-refractivity contribution in [2.24, 2.45) is 0 Å². The monoisotopic (exact) mass is 376 g/mol. The van der Waals surface area contributed by atoms with Gasteiger partial charge in [-0.15, -0.1) is 5.10 Å². The number of hydrogen-bond donors (Lipinski definition) is 2. The van der Waals surface area contributed by atoms with E-state index in [4.69, 9.17) is 0 Å². The molecule has 0 atom stereocenters. The van der Waals surface area contributed by atoms with Gasteiger partial charge in [-0.05, 0) is 24.3 Å². The van der Waals surface area contributed by atoms with E-state index in [1.54, 1.807) is 0 Å². The molecule has 3 rings (SSSR count). The third-order valence-corrected chi connectivity index (χ3v) is 4.06. The Morgan fingerprint density at radius 2 is 1.88 bits per heavy atom. The Hall–Kier alpha value is -2.94. The van der Waals surface area contributed by atoms with Gasteiger partial charge < -0.3 is 10.1 Å². The van der Waals surface area contributed by atoms with Crippen molar-refractivity contribution in [3.8, 4) is 17.1 Å². The topological polar surface area (TPSA) is 79.9 Å². The van der Waals surface area contributed by atoms with Crippen LogP contribution in [0.2, 0.25) is 0 Å². The second kappa shape index (κ2) is 8.43. The summed E-state index contributed by atoms with van der Waals surface area (Å²) >= 11 is 1.19. The van der Waals surface area contributed by atoms with Gasteiger partial charge in [0.1, 0.15) is 5.75 Å². The van der Waals surface area contributed by atoms with Crippen LogP contribution >= 0.6 is 11.8 Å². The lowest BCUT2D eigenvalue weighted by molar-refractivity contribution is -0.113. The predicted molar refractivity (Wildman–Crippen MR) is 94.2 cm³/mol. The van der Waals surface area contributed by atoms with Crippen molar-refractivity contribution in [1.29, 1.82) is 0 Å². The highest BCUT2D eigenvalue weighted by molar-refractivity contribution is 7.99. The molecule has 134 valence electrons. The molecule has 2 N–H and O–H groups in total. The second-order valence-electron chi connectivity index (χ2n) is 5.07. The number of aromatic nitrogens is 3. The standard InChI is InChI=1S/C17H14F2N4O2S/c18-16(19)25-13-8-6-12(7-9-13)20-14(24)10-26-17-21-15(22-23-17)11-4-2-1-3-5-11/h1-9,16H,10H2,(H,20,24)(H,21,22,23). The number of ether oxygens (including phenoxy) is 1. The number of anilines is 1. The van der Waals surface area contributed by atoms with E-state index in [9.17, 15) is 13.6 Å². The van der Waals surface area contributed by atoms with E-state index < -0.39 is 6.61 Å². The maximum absolute atomic E-state index is 12.1. The number of amides is 1. The smallest absolute Gasteiger partial charge is 0.387 e. The molecule has 0 saturated heterocycles. The van der Waals surface area contributed by atoms with E-state index in [0.717, 1.165) is 5.56 Å². The number of carbonyl (C=O) groups is 1. The van der Waals surface area contributed by atoms with Crippen LogP contribution in [0.3, 0.4) is 0 Å². The number of benzene rings is 2. The van der Waals surface area contributed by atoms with Crippen LogP contribution in [-0.2, 0) is 4.79 Å². The number of alkyl halides is 2. The van der Waals surface area contributed by atoms with Crippen molar-refractivity contribution in [1.82, 2.24) is 15.2 Å². The molecule has 26 heavy (non-hydrogen) atoms. The van der Waals surface area contributed by atoms with Crippen LogP contribution in [0.5, 0.6) is 5.75 Å². The van der Waals surface area contributed by atoms with Crippen molar-refractivity contribution in [2.75, 3.05) is 11.1 Å². The number of nitrogens with zero attached hydrogens (tertiary/aromatic N) is 2. The van der Waals surface area contributed by atoms with Crippen LogP contribution < -0.4 is 10.1 Å². The van der Waals surface area contributed by atoms with E-state index >= 15 is 0 Å². The van der Waals surface area contributed by atoms with Gasteiger partial charge in [0.15, 0.2) is 5.82 Å². The lowest BCUT2D eigenvalue weighted by Gasteiger charge is -2.07. The highest BCUT2D eigenvalue weighted by atomic mass is 32.2. The Labute approximate surface area is 152 Å². The minimum absolute atomic E-state index is 0.0292. The Morgan fingerprint density at radius 3 is 2.58 bits per heavy atom. The summed E-state index contributed by atoms with van der Waals surface area (Å²) in [6, 6.07) is 15.2. The molecule has 3 aromatic rings. The van der Waals surface area contributed by atoms with Gasteiger partial charge in [-0.2, -0.15) is 8.78 Å². The Balaban J connectivity index is 1.50. The van der Waals surface area contributed by atoms with Crippen molar-refractivity contribution in [2.45, 2.75) is 11.8 Å². The maximum atomic E-state index is 12.1. The number of rotatable bonds is 7. The van der Waals surface area contributed by atoms with Gasteiger partial charge >= 0.3 is 6.61 Å². The maximum Gasteiger partial charge on any atom is 0.387 e. The first kappa shape index (κ1) is 17.9. The molecular formula is C17H14F2N4O2S. The van der Waals surface area contributed by atoms with Crippen molar-refractivity contribution in [3.63, 3.8) is 0 Å². The molecule has 0 saturated carbocycles. The van der Waals surface area contributed by atoms with Gasteiger partial charge in [-0.3, -0.25) is 9.89 Å². The molecular weight excluding hydrogens is 362 g/mol. The number of hydrogen-bond acceptors (Lipinski definition) is 5. The summed E-state index contributed by atoms with van der Waals surface area (Å²) in [6.07, 6.45) is 0. The van der Waals surface area contributed by atoms with Crippen LogP contribution in [0, 0.1) is 0 Å². The van der Waals surface area contributed by atoms with Gasteiger partial charge in [-0.1, -0.05) is 42.1 Å². The number of thioether (sulfide) groups is 1. The number of H-pyrrole nitrogens is 1. The molecule has 2 aromatic carbocycles. The predicted octanol–water partition coefficient (Wildman–Crippen LogP) is 3.80. The van der Waals surface area contributed by atoms with E-state index in [1.807, 2.05) is 30.3 Å². The SMILES string of the molecule is O=C(CSc1n[nH]c(-c2ccccc2)n1)Nc1ccc(OC(F)F)cc1. The number of nitrogens with one attached hydrogen (secondary N) is 2. The number of carbonyl (C=O) groups excluding carboxylic acids is 1.